The number of nitrogens with zero attached hydrogens (tertiary/aromatic N) is 2. The quantitative estimate of drug-likeness (QED) is 0.653. The maximum Gasteiger partial charge on any atom is 0.151 e. The fourth-order valence-corrected chi connectivity index (χ4v) is 3.68. The third-order valence-electron chi connectivity index (χ3n) is 4.46. The lowest BCUT2D eigenvalue weighted by molar-refractivity contribution is -0.120. The van der Waals surface area contributed by atoms with Gasteiger partial charge in [0.05, 0.1) is 6.54 Å². The maximum atomic E-state index is 12.3. The molecule has 0 saturated carbocycles. The van der Waals surface area contributed by atoms with Crippen LogP contribution in [0.2, 0.25) is 0 Å². The number of carbonyl (C=O) groups excluding carboxylic acids is 1. The predicted octanol–water partition coefficient (Wildman–Crippen LogP) is 3.22. The molecule has 1 aliphatic rings. The molecule has 0 bridgehead atoms. The molecule has 1 aliphatic heterocycles. The van der Waals surface area contributed by atoms with E-state index in [0.29, 0.717) is 18.7 Å². The maximum absolute atomic E-state index is 12.3. The molecule has 1 fully saturated rings. The van der Waals surface area contributed by atoms with Gasteiger partial charge in [0.2, 0.25) is 0 Å². The number of benzene rings is 2. The van der Waals surface area contributed by atoms with Gasteiger partial charge in [-0.1, -0.05) is 48.5 Å². The van der Waals surface area contributed by atoms with Gasteiger partial charge in [0.1, 0.15) is 0 Å². The van der Waals surface area contributed by atoms with Crippen molar-refractivity contribution in [2.24, 2.45) is 0 Å². The zero-order valence-corrected chi connectivity index (χ0v) is 16.0. The number of hydrogen-bond acceptors (Lipinski definition) is 3. The number of ketones is 1. The highest BCUT2D eigenvalue weighted by molar-refractivity contribution is 14.1. The van der Waals surface area contributed by atoms with Gasteiger partial charge in [-0.15, -0.1) is 0 Å². The van der Waals surface area contributed by atoms with E-state index in [4.69, 9.17) is 0 Å². The lowest BCUT2D eigenvalue weighted by atomic mass is 10.1. The molecule has 0 aromatic heterocycles. The molecule has 1 heterocycles. The van der Waals surface area contributed by atoms with E-state index in [1.54, 1.807) is 0 Å². The first-order valence-corrected chi connectivity index (χ1v) is 9.52. The van der Waals surface area contributed by atoms with Crippen LogP contribution in [0.25, 0.3) is 0 Å². The minimum Gasteiger partial charge on any atom is -0.298 e. The molecule has 1 saturated heterocycles. The number of Topliss-reactive ketones (excluding diaryl/α,β-unsaturated/α-hetero) is 1. The lowest BCUT2D eigenvalue weighted by Crippen LogP contribution is -2.47. The second-order valence-electron chi connectivity index (χ2n) is 6.34. The van der Waals surface area contributed by atoms with Crippen molar-refractivity contribution < 1.29 is 4.79 Å². The van der Waals surface area contributed by atoms with Crippen molar-refractivity contribution in [3.63, 3.8) is 0 Å². The first kappa shape index (κ1) is 17.6. The van der Waals surface area contributed by atoms with Crippen LogP contribution in [0.1, 0.15) is 11.1 Å². The summed E-state index contributed by atoms with van der Waals surface area (Å²) in [5.74, 6) is 0.315. The SMILES string of the molecule is O=C(Cc1ccccc1I)CN1CCN(Cc2ccccc2)CC1. The second-order valence-corrected chi connectivity index (χ2v) is 7.51. The van der Waals surface area contributed by atoms with Crippen molar-refractivity contribution in [3.8, 4) is 0 Å². The van der Waals surface area contributed by atoms with Gasteiger partial charge in [0.15, 0.2) is 5.78 Å². The smallest absolute Gasteiger partial charge is 0.151 e. The molecule has 2 aromatic carbocycles. The van der Waals surface area contributed by atoms with Crippen molar-refractivity contribution in [2.45, 2.75) is 13.0 Å². The van der Waals surface area contributed by atoms with Gasteiger partial charge < -0.3 is 0 Å². The fourth-order valence-electron chi connectivity index (χ4n) is 3.11. The van der Waals surface area contributed by atoms with Gasteiger partial charge in [-0.05, 0) is 39.8 Å². The minimum absolute atomic E-state index is 0.315. The van der Waals surface area contributed by atoms with Crippen LogP contribution in [-0.2, 0) is 17.8 Å². The summed E-state index contributed by atoms with van der Waals surface area (Å²) in [7, 11) is 0. The standard InChI is InChI=1S/C20H23IN2O/c21-20-9-5-4-8-18(20)14-19(24)16-23-12-10-22(11-13-23)15-17-6-2-1-3-7-17/h1-9H,10-16H2. The van der Waals surface area contributed by atoms with Gasteiger partial charge >= 0.3 is 0 Å². The van der Waals surface area contributed by atoms with E-state index < -0.39 is 0 Å². The van der Waals surface area contributed by atoms with Crippen molar-refractivity contribution in [2.75, 3.05) is 32.7 Å². The van der Waals surface area contributed by atoms with Crippen molar-refractivity contribution in [1.29, 1.82) is 0 Å². The Morgan fingerprint density at radius 2 is 1.50 bits per heavy atom. The first-order chi connectivity index (χ1) is 11.7. The van der Waals surface area contributed by atoms with Gasteiger partial charge in [-0.25, -0.2) is 0 Å². The van der Waals surface area contributed by atoms with Crippen LogP contribution in [0.4, 0.5) is 0 Å². The van der Waals surface area contributed by atoms with Gasteiger partial charge in [-0.3, -0.25) is 14.6 Å². The topological polar surface area (TPSA) is 23.6 Å². The van der Waals surface area contributed by atoms with Crippen LogP contribution in [0.5, 0.6) is 0 Å². The molecular weight excluding hydrogens is 411 g/mol. The number of hydrogen-bond donors (Lipinski definition) is 0. The molecule has 3 rings (SSSR count). The molecular formula is C20H23IN2O. The van der Waals surface area contributed by atoms with E-state index in [0.717, 1.165) is 38.3 Å². The normalized spacial score (nSPS) is 16.2. The van der Waals surface area contributed by atoms with Crippen molar-refractivity contribution >= 4 is 28.4 Å². The Morgan fingerprint density at radius 1 is 0.875 bits per heavy atom. The molecule has 0 N–H and O–H groups in total. The molecule has 0 aliphatic carbocycles. The molecule has 0 amide bonds. The number of piperazine rings is 1. The van der Waals surface area contributed by atoms with E-state index in [1.807, 2.05) is 12.1 Å². The van der Waals surface area contributed by atoms with Gasteiger partial charge in [0, 0.05) is 42.7 Å². The largest absolute Gasteiger partial charge is 0.298 e. The lowest BCUT2D eigenvalue weighted by Gasteiger charge is -2.34. The van der Waals surface area contributed by atoms with E-state index in [1.165, 1.54) is 9.13 Å². The molecule has 0 radical (unpaired) electrons. The monoisotopic (exact) mass is 434 g/mol. The molecule has 0 unspecified atom stereocenters. The van der Waals surface area contributed by atoms with E-state index in [9.17, 15) is 4.79 Å². The average Bonchev–Trinajstić information content (AvgIpc) is 2.60. The van der Waals surface area contributed by atoms with E-state index in [-0.39, 0.29) is 0 Å². The van der Waals surface area contributed by atoms with Crippen LogP contribution < -0.4 is 0 Å². The summed E-state index contributed by atoms with van der Waals surface area (Å²) in [6, 6.07) is 18.7. The summed E-state index contributed by atoms with van der Waals surface area (Å²) in [5.41, 5.74) is 2.51. The summed E-state index contributed by atoms with van der Waals surface area (Å²) < 4.78 is 1.18. The van der Waals surface area contributed by atoms with Crippen LogP contribution >= 0.6 is 22.6 Å². The van der Waals surface area contributed by atoms with Crippen LogP contribution in [0.3, 0.4) is 0 Å². The molecule has 0 spiro atoms. The van der Waals surface area contributed by atoms with Crippen LogP contribution in [0.15, 0.2) is 54.6 Å². The Labute approximate surface area is 157 Å². The minimum atomic E-state index is 0.315. The Kier molecular flexibility index (Phi) is 6.40. The average molecular weight is 434 g/mol. The molecule has 3 nitrogen and oxygen atoms in total. The predicted molar refractivity (Wildman–Crippen MR) is 106 cm³/mol. The highest BCUT2D eigenvalue weighted by Gasteiger charge is 2.19. The van der Waals surface area contributed by atoms with Crippen molar-refractivity contribution in [1.82, 2.24) is 9.80 Å². The molecule has 24 heavy (non-hydrogen) atoms. The van der Waals surface area contributed by atoms with E-state index in [2.05, 4.69) is 74.9 Å². The van der Waals surface area contributed by atoms with Crippen molar-refractivity contribution in [3.05, 3.63) is 69.3 Å². The van der Waals surface area contributed by atoms with Gasteiger partial charge in [-0.2, -0.15) is 0 Å². The Balaban J connectivity index is 1.43. The zero-order chi connectivity index (χ0) is 16.8. The first-order valence-electron chi connectivity index (χ1n) is 8.44. The van der Waals surface area contributed by atoms with Gasteiger partial charge in [0.25, 0.3) is 0 Å². The third kappa shape index (κ3) is 5.13. The molecule has 126 valence electrons. The summed E-state index contributed by atoms with van der Waals surface area (Å²) in [4.78, 5) is 17.1. The zero-order valence-electron chi connectivity index (χ0n) is 13.8. The molecule has 4 heteroatoms. The number of rotatable bonds is 6. The van der Waals surface area contributed by atoms with E-state index >= 15 is 0 Å². The third-order valence-corrected chi connectivity index (χ3v) is 5.51. The summed E-state index contributed by atoms with van der Waals surface area (Å²) >= 11 is 2.31. The number of halogens is 1. The Bertz CT molecular complexity index is 666. The van der Waals surface area contributed by atoms with Crippen LogP contribution in [0, 0.1) is 3.57 Å². The Morgan fingerprint density at radius 3 is 2.21 bits per heavy atom. The highest BCUT2D eigenvalue weighted by atomic mass is 127. The summed E-state index contributed by atoms with van der Waals surface area (Å²) in [6.07, 6.45) is 0.545. The molecule has 2 aromatic rings. The Hall–Kier alpha value is -1.24. The van der Waals surface area contributed by atoms with Crippen LogP contribution in [-0.4, -0.2) is 48.3 Å². The number of carbonyl (C=O) groups is 1. The fraction of sp³-hybridized carbons (Fsp3) is 0.350. The highest BCUT2D eigenvalue weighted by Crippen LogP contribution is 2.13. The summed E-state index contributed by atoms with van der Waals surface area (Å²) in [6.45, 7) is 5.60. The second kappa shape index (κ2) is 8.74. The summed E-state index contributed by atoms with van der Waals surface area (Å²) in [5, 5.41) is 0. The molecule has 0 atom stereocenters.